The summed E-state index contributed by atoms with van der Waals surface area (Å²) in [6.45, 7) is 2.61. The zero-order valence-electron chi connectivity index (χ0n) is 9.07. The van der Waals surface area contributed by atoms with Crippen LogP contribution in [0.1, 0.15) is 19.3 Å². The van der Waals surface area contributed by atoms with Crippen LogP contribution in [0.2, 0.25) is 0 Å². The highest BCUT2D eigenvalue weighted by Crippen LogP contribution is 2.16. The van der Waals surface area contributed by atoms with Gasteiger partial charge in [-0.1, -0.05) is 0 Å². The van der Waals surface area contributed by atoms with E-state index in [1.165, 1.54) is 0 Å². The van der Waals surface area contributed by atoms with Gasteiger partial charge in [0.25, 0.3) is 0 Å². The van der Waals surface area contributed by atoms with Crippen LogP contribution in [-0.4, -0.2) is 49.7 Å². The van der Waals surface area contributed by atoms with Crippen LogP contribution in [0.15, 0.2) is 0 Å². The minimum absolute atomic E-state index is 0. The maximum Gasteiger partial charge on any atom is 0.239 e. The van der Waals surface area contributed by atoms with Crippen LogP contribution in [0.25, 0.3) is 0 Å². The maximum absolute atomic E-state index is 11.9. The highest BCUT2D eigenvalue weighted by Gasteiger charge is 2.31. The Morgan fingerprint density at radius 1 is 1.47 bits per heavy atom. The fraction of sp³-hybridized carbons (Fsp3) is 0.900. The molecule has 88 valence electrons. The highest BCUT2D eigenvalue weighted by molar-refractivity contribution is 5.85. The van der Waals surface area contributed by atoms with E-state index in [0.717, 1.165) is 38.9 Å². The fourth-order valence-electron chi connectivity index (χ4n) is 2.24. The molecule has 0 aromatic heterocycles. The van der Waals surface area contributed by atoms with Crippen molar-refractivity contribution < 1.29 is 9.53 Å². The minimum Gasteiger partial charge on any atom is -0.380 e. The van der Waals surface area contributed by atoms with Crippen LogP contribution in [0.5, 0.6) is 0 Å². The maximum atomic E-state index is 11.9. The standard InChI is InChI=1S/C10H18N2O2.ClH/c1-14-8-4-6-12(7-8)10(13)9-3-2-5-11-9;/h8-9,11H,2-7H2,1H3;1H/t8-,9?;/m1./s1. The Kier molecular flexibility index (Phi) is 4.83. The van der Waals surface area contributed by atoms with Gasteiger partial charge in [0.2, 0.25) is 5.91 Å². The Labute approximate surface area is 96.7 Å². The average Bonchev–Trinajstić information content (AvgIpc) is 2.88. The predicted molar refractivity (Wildman–Crippen MR) is 60.3 cm³/mol. The van der Waals surface area contributed by atoms with E-state index >= 15 is 0 Å². The summed E-state index contributed by atoms with van der Waals surface area (Å²) in [6.07, 6.45) is 3.35. The van der Waals surface area contributed by atoms with Crippen molar-refractivity contribution in [2.75, 3.05) is 26.7 Å². The zero-order chi connectivity index (χ0) is 9.97. The van der Waals surface area contributed by atoms with Crippen LogP contribution < -0.4 is 5.32 Å². The first-order valence-electron chi connectivity index (χ1n) is 5.36. The van der Waals surface area contributed by atoms with Crippen molar-refractivity contribution in [2.45, 2.75) is 31.4 Å². The summed E-state index contributed by atoms with van der Waals surface area (Å²) in [4.78, 5) is 13.8. The van der Waals surface area contributed by atoms with Crippen LogP contribution in [0, 0.1) is 0 Å². The number of likely N-dealkylation sites (tertiary alicyclic amines) is 1. The number of nitrogens with one attached hydrogen (secondary N) is 1. The predicted octanol–water partition coefficient (Wildman–Crippen LogP) is 0.407. The number of hydrogen-bond donors (Lipinski definition) is 1. The quantitative estimate of drug-likeness (QED) is 0.753. The molecule has 2 saturated heterocycles. The van der Waals surface area contributed by atoms with Gasteiger partial charge in [0.05, 0.1) is 12.1 Å². The molecule has 0 spiro atoms. The molecule has 15 heavy (non-hydrogen) atoms. The first kappa shape index (κ1) is 12.7. The number of carbonyl (C=O) groups is 1. The van der Waals surface area contributed by atoms with Gasteiger partial charge in [0.1, 0.15) is 0 Å². The molecular formula is C10H19ClN2O2. The largest absolute Gasteiger partial charge is 0.380 e. The topological polar surface area (TPSA) is 41.6 Å². The second-order valence-corrected chi connectivity index (χ2v) is 4.08. The van der Waals surface area contributed by atoms with Crippen LogP contribution in [-0.2, 0) is 9.53 Å². The lowest BCUT2D eigenvalue weighted by molar-refractivity contribution is -0.132. The van der Waals surface area contributed by atoms with Gasteiger partial charge in [-0.15, -0.1) is 12.4 Å². The summed E-state index contributed by atoms with van der Waals surface area (Å²) in [5.41, 5.74) is 0. The molecule has 1 amide bonds. The Morgan fingerprint density at radius 2 is 2.27 bits per heavy atom. The Morgan fingerprint density at radius 3 is 2.80 bits per heavy atom. The van der Waals surface area contributed by atoms with E-state index in [9.17, 15) is 4.79 Å². The molecule has 4 nitrogen and oxygen atoms in total. The van der Waals surface area contributed by atoms with E-state index < -0.39 is 0 Å². The minimum atomic E-state index is 0. The Hall–Kier alpha value is -0.320. The van der Waals surface area contributed by atoms with Gasteiger partial charge in [0, 0.05) is 20.2 Å². The van der Waals surface area contributed by atoms with Crippen molar-refractivity contribution in [1.82, 2.24) is 10.2 Å². The molecule has 5 heteroatoms. The van der Waals surface area contributed by atoms with E-state index in [2.05, 4.69) is 5.32 Å². The SMILES string of the molecule is CO[C@@H]1CCN(C(=O)C2CCCN2)C1.Cl. The van der Waals surface area contributed by atoms with E-state index in [0.29, 0.717) is 0 Å². The van der Waals surface area contributed by atoms with Gasteiger partial charge in [-0.3, -0.25) is 4.79 Å². The first-order valence-corrected chi connectivity index (χ1v) is 5.36. The summed E-state index contributed by atoms with van der Waals surface area (Å²) in [5, 5.41) is 3.23. The van der Waals surface area contributed by atoms with Crippen LogP contribution >= 0.6 is 12.4 Å². The molecule has 0 saturated carbocycles. The summed E-state index contributed by atoms with van der Waals surface area (Å²) < 4.78 is 5.24. The van der Waals surface area contributed by atoms with E-state index in [-0.39, 0.29) is 30.5 Å². The van der Waals surface area contributed by atoms with Gasteiger partial charge in [-0.25, -0.2) is 0 Å². The van der Waals surface area contributed by atoms with E-state index in [1.54, 1.807) is 7.11 Å². The van der Waals surface area contributed by atoms with Crippen molar-refractivity contribution in [1.29, 1.82) is 0 Å². The van der Waals surface area contributed by atoms with E-state index in [4.69, 9.17) is 4.74 Å². The van der Waals surface area contributed by atoms with Gasteiger partial charge in [-0.05, 0) is 25.8 Å². The van der Waals surface area contributed by atoms with E-state index in [1.807, 2.05) is 4.90 Å². The number of ether oxygens (including phenoxy) is 1. The summed E-state index contributed by atoms with van der Waals surface area (Å²) in [7, 11) is 1.71. The summed E-state index contributed by atoms with van der Waals surface area (Å²) in [6, 6.07) is 0.0746. The molecule has 2 heterocycles. The normalized spacial score (nSPS) is 30.3. The lowest BCUT2D eigenvalue weighted by Crippen LogP contribution is -2.42. The molecule has 1 N–H and O–H groups in total. The number of carbonyl (C=O) groups excluding carboxylic acids is 1. The lowest BCUT2D eigenvalue weighted by atomic mass is 10.2. The molecule has 0 aliphatic carbocycles. The lowest BCUT2D eigenvalue weighted by Gasteiger charge is -2.20. The molecule has 1 unspecified atom stereocenters. The Bertz CT molecular complexity index is 219. The molecule has 2 aliphatic rings. The van der Waals surface area contributed by atoms with Crippen molar-refractivity contribution in [3.63, 3.8) is 0 Å². The number of rotatable bonds is 2. The van der Waals surface area contributed by atoms with Gasteiger partial charge in [-0.2, -0.15) is 0 Å². The summed E-state index contributed by atoms with van der Waals surface area (Å²) in [5.74, 6) is 0.266. The molecule has 0 radical (unpaired) electrons. The number of nitrogens with zero attached hydrogens (tertiary/aromatic N) is 1. The molecule has 0 aromatic rings. The monoisotopic (exact) mass is 234 g/mol. The molecule has 2 aliphatic heterocycles. The molecule has 2 atom stereocenters. The average molecular weight is 235 g/mol. The van der Waals surface area contributed by atoms with Gasteiger partial charge < -0.3 is 15.0 Å². The first-order chi connectivity index (χ1) is 6.81. The van der Waals surface area contributed by atoms with Crippen LogP contribution in [0.3, 0.4) is 0 Å². The van der Waals surface area contributed by atoms with Crippen molar-refractivity contribution in [3.05, 3.63) is 0 Å². The second kappa shape index (κ2) is 5.68. The fourth-order valence-corrected chi connectivity index (χ4v) is 2.24. The third-order valence-corrected chi connectivity index (χ3v) is 3.15. The van der Waals surface area contributed by atoms with Crippen molar-refractivity contribution in [3.8, 4) is 0 Å². The smallest absolute Gasteiger partial charge is 0.239 e. The number of methoxy groups -OCH3 is 1. The number of amides is 1. The highest BCUT2D eigenvalue weighted by atomic mass is 35.5. The molecule has 2 rings (SSSR count). The summed E-state index contributed by atoms with van der Waals surface area (Å²) >= 11 is 0. The van der Waals surface area contributed by atoms with Crippen molar-refractivity contribution in [2.24, 2.45) is 0 Å². The van der Waals surface area contributed by atoms with Crippen LogP contribution in [0.4, 0.5) is 0 Å². The second-order valence-electron chi connectivity index (χ2n) is 4.08. The van der Waals surface area contributed by atoms with Crippen molar-refractivity contribution >= 4 is 18.3 Å². The zero-order valence-corrected chi connectivity index (χ0v) is 9.89. The third-order valence-electron chi connectivity index (χ3n) is 3.15. The third kappa shape index (κ3) is 2.83. The molecular weight excluding hydrogens is 216 g/mol. The molecule has 0 bridgehead atoms. The number of hydrogen-bond acceptors (Lipinski definition) is 3. The van der Waals surface area contributed by atoms with Gasteiger partial charge >= 0.3 is 0 Å². The van der Waals surface area contributed by atoms with Gasteiger partial charge in [0.15, 0.2) is 0 Å². The Balaban J connectivity index is 0.00000112. The molecule has 0 aromatic carbocycles. The number of halogens is 1. The molecule has 2 fully saturated rings.